The van der Waals surface area contributed by atoms with Gasteiger partial charge in [-0.15, -0.1) is 0 Å². The molecule has 6 heteroatoms. The molecule has 2 fully saturated rings. The highest BCUT2D eigenvalue weighted by Gasteiger charge is 2.57. The van der Waals surface area contributed by atoms with Crippen LogP contribution in [0.15, 0.2) is 30.3 Å². The van der Waals surface area contributed by atoms with E-state index in [4.69, 9.17) is 23.7 Å². The summed E-state index contributed by atoms with van der Waals surface area (Å²) in [6, 6.07) is 9.94. The van der Waals surface area contributed by atoms with Gasteiger partial charge in [-0.05, 0) is 19.4 Å². The van der Waals surface area contributed by atoms with Gasteiger partial charge >= 0.3 is 0 Å². The van der Waals surface area contributed by atoms with Crippen LogP contribution < -0.4 is 0 Å². The van der Waals surface area contributed by atoms with E-state index in [2.05, 4.69) is 0 Å². The minimum atomic E-state index is -0.735. The lowest BCUT2D eigenvalue weighted by Gasteiger charge is -2.55. The van der Waals surface area contributed by atoms with Gasteiger partial charge in [0.25, 0.3) is 0 Å². The molecular formula is C20H28O6. The van der Waals surface area contributed by atoms with Crippen LogP contribution in [-0.2, 0) is 35.1 Å². The predicted octanol–water partition coefficient (Wildman–Crippen LogP) is 2.69. The molecule has 3 rings (SSSR count). The molecule has 0 spiro atoms. The Hall–Kier alpha value is -1.31. The Balaban J connectivity index is 1.88. The molecule has 6 nitrogen and oxygen atoms in total. The highest BCUT2D eigenvalue weighted by atomic mass is 16.8. The molecule has 2 heterocycles. The second-order valence-corrected chi connectivity index (χ2v) is 7.63. The van der Waals surface area contributed by atoms with E-state index in [1.807, 2.05) is 51.1 Å². The lowest BCUT2D eigenvalue weighted by atomic mass is 9.74. The number of rotatable bonds is 6. The van der Waals surface area contributed by atoms with Crippen LogP contribution in [0.2, 0.25) is 0 Å². The second-order valence-electron chi connectivity index (χ2n) is 7.63. The Morgan fingerprint density at radius 2 is 1.96 bits per heavy atom. The fourth-order valence-corrected chi connectivity index (χ4v) is 3.77. The van der Waals surface area contributed by atoms with Crippen molar-refractivity contribution in [3.8, 4) is 0 Å². The highest BCUT2D eigenvalue weighted by Crippen LogP contribution is 2.45. The summed E-state index contributed by atoms with van der Waals surface area (Å²) in [5, 5.41) is 0. The van der Waals surface area contributed by atoms with Crippen molar-refractivity contribution in [2.75, 3.05) is 13.7 Å². The largest absolute Gasteiger partial charge is 0.370 e. The van der Waals surface area contributed by atoms with Crippen LogP contribution in [0.25, 0.3) is 0 Å². The van der Waals surface area contributed by atoms with Crippen LogP contribution in [0.3, 0.4) is 0 Å². The molecule has 0 unspecified atom stereocenters. The zero-order valence-electron chi connectivity index (χ0n) is 15.8. The summed E-state index contributed by atoms with van der Waals surface area (Å²) in [4.78, 5) is 11.4. The van der Waals surface area contributed by atoms with E-state index in [1.165, 1.54) is 0 Å². The number of methoxy groups -OCH3 is 1. The Bertz CT molecular complexity index is 604. The predicted molar refractivity (Wildman–Crippen MR) is 94.4 cm³/mol. The van der Waals surface area contributed by atoms with Gasteiger partial charge in [0.05, 0.1) is 24.7 Å². The third-order valence-electron chi connectivity index (χ3n) is 5.18. The number of carbonyl (C=O) groups is 1. The maximum atomic E-state index is 11.4. The molecule has 0 N–H and O–H groups in total. The average Bonchev–Trinajstić information content (AvgIpc) is 2.61. The van der Waals surface area contributed by atoms with Gasteiger partial charge in [-0.2, -0.15) is 0 Å². The van der Waals surface area contributed by atoms with Crippen LogP contribution in [0, 0.1) is 5.41 Å². The minimum Gasteiger partial charge on any atom is -0.370 e. The van der Waals surface area contributed by atoms with Crippen molar-refractivity contribution in [3.05, 3.63) is 35.9 Å². The number of carbonyl (C=O) groups excluding carboxylic acids is 1. The van der Waals surface area contributed by atoms with Crippen molar-refractivity contribution in [2.45, 2.75) is 64.2 Å². The van der Waals surface area contributed by atoms with Gasteiger partial charge in [0.2, 0.25) is 0 Å². The molecule has 2 aliphatic heterocycles. The van der Waals surface area contributed by atoms with E-state index in [9.17, 15) is 4.79 Å². The van der Waals surface area contributed by atoms with Crippen molar-refractivity contribution in [2.24, 2.45) is 5.41 Å². The molecule has 144 valence electrons. The standard InChI is InChI=1S/C20H28O6/c1-19(2)24-13-15-16(26-19)17(23-12-14-8-6-5-7-9-14)20(3,10-11-21)18(22-4)25-15/h5-9,11,15-18H,10,12-13H2,1-4H3/t15-,16-,17+,18+,20-/m1/s1. The first-order valence-corrected chi connectivity index (χ1v) is 8.99. The fraction of sp³-hybridized carbons (Fsp3) is 0.650. The molecule has 0 aliphatic carbocycles. The first kappa shape index (κ1) is 19.5. The zero-order valence-corrected chi connectivity index (χ0v) is 15.8. The summed E-state index contributed by atoms with van der Waals surface area (Å²) in [5.41, 5.74) is 0.393. The third kappa shape index (κ3) is 3.85. The molecule has 0 amide bonds. The van der Waals surface area contributed by atoms with E-state index in [-0.39, 0.29) is 24.7 Å². The molecule has 5 atom stereocenters. The summed E-state index contributed by atoms with van der Waals surface area (Å²) in [6.07, 6.45) is -0.479. The summed E-state index contributed by atoms with van der Waals surface area (Å²) < 4.78 is 29.9. The van der Waals surface area contributed by atoms with E-state index in [0.29, 0.717) is 13.2 Å². The van der Waals surface area contributed by atoms with Gasteiger partial charge in [0, 0.05) is 13.5 Å². The molecule has 1 aromatic rings. The van der Waals surface area contributed by atoms with Gasteiger partial charge in [-0.3, -0.25) is 0 Å². The van der Waals surface area contributed by atoms with Crippen LogP contribution in [0.4, 0.5) is 0 Å². The molecule has 26 heavy (non-hydrogen) atoms. The number of fused-ring (bicyclic) bond motifs is 1. The molecule has 0 radical (unpaired) electrons. The van der Waals surface area contributed by atoms with Gasteiger partial charge in [-0.25, -0.2) is 0 Å². The smallest absolute Gasteiger partial charge is 0.166 e. The molecular weight excluding hydrogens is 336 g/mol. The maximum absolute atomic E-state index is 11.4. The number of aldehydes is 1. The van der Waals surface area contributed by atoms with Gasteiger partial charge in [0.15, 0.2) is 12.1 Å². The molecule has 0 bridgehead atoms. The van der Waals surface area contributed by atoms with Crippen LogP contribution >= 0.6 is 0 Å². The number of benzene rings is 1. The summed E-state index contributed by atoms with van der Waals surface area (Å²) >= 11 is 0. The topological polar surface area (TPSA) is 63.2 Å². The Morgan fingerprint density at radius 1 is 1.23 bits per heavy atom. The van der Waals surface area contributed by atoms with Crippen molar-refractivity contribution in [1.82, 2.24) is 0 Å². The molecule has 1 aromatic carbocycles. The van der Waals surface area contributed by atoms with Crippen molar-refractivity contribution in [1.29, 1.82) is 0 Å². The van der Waals surface area contributed by atoms with Crippen molar-refractivity contribution in [3.63, 3.8) is 0 Å². The average molecular weight is 364 g/mol. The molecule has 2 aliphatic rings. The molecule has 0 aromatic heterocycles. The highest BCUT2D eigenvalue weighted by molar-refractivity contribution is 5.51. The van der Waals surface area contributed by atoms with Crippen LogP contribution in [0.5, 0.6) is 0 Å². The SMILES string of the molecule is CO[C@H]1O[C@@H]2COC(C)(C)O[C@H]2[C@H](OCc2ccccc2)[C@@]1(C)CC=O. The Kier molecular flexibility index (Phi) is 5.79. The van der Waals surface area contributed by atoms with Crippen molar-refractivity contribution >= 4 is 6.29 Å². The zero-order chi connectivity index (χ0) is 18.8. The Labute approximate surface area is 154 Å². The summed E-state index contributed by atoms with van der Waals surface area (Å²) in [5.74, 6) is -0.735. The monoisotopic (exact) mass is 364 g/mol. The molecule has 2 saturated heterocycles. The van der Waals surface area contributed by atoms with Crippen LogP contribution in [0.1, 0.15) is 32.8 Å². The summed E-state index contributed by atoms with van der Waals surface area (Å²) in [6.45, 7) is 6.51. The quantitative estimate of drug-likeness (QED) is 0.723. The third-order valence-corrected chi connectivity index (χ3v) is 5.18. The first-order chi connectivity index (χ1) is 12.4. The lowest BCUT2D eigenvalue weighted by Crippen LogP contribution is -2.67. The Morgan fingerprint density at radius 3 is 2.62 bits per heavy atom. The normalized spacial score (nSPS) is 36.3. The van der Waals surface area contributed by atoms with Gasteiger partial charge < -0.3 is 28.5 Å². The number of hydrogen-bond donors (Lipinski definition) is 0. The maximum Gasteiger partial charge on any atom is 0.166 e. The van der Waals surface area contributed by atoms with E-state index in [0.717, 1.165) is 11.8 Å². The minimum absolute atomic E-state index is 0.249. The number of ether oxygens (including phenoxy) is 5. The lowest BCUT2D eigenvalue weighted by molar-refractivity contribution is -0.394. The van der Waals surface area contributed by atoms with Crippen LogP contribution in [-0.4, -0.2) is 50.4 Å². The van der Waals surface area contributed by atoms with Gasteiger partial charge in [-0.1, -0.05) is 37.3 Å². The fourth-order valence-electron chi connectivity index (χ4n) is 3.77. The van der Waals surface area contributed by atoms with Crippen molar-refractivity contribution < 1.29 is 28.5 Å². The van der Waals surface area contributed by atoms with Gasteiger partial charge in [0.1, 0.15) is 18.5 Å². The van der Waals surface area contributed by atoms with E-state index < -0.39 is 17.5 Å². The number of hydrogen-bond acceptors (Lipinski definition) is 6. The summed E-state index contributed by atoms with van der Waals surface area (Å²) in [7, 11) is 1.58. The first-order valence-electron chi connectivity index (χ1n) is 8.99. The van der Waals surface area contributed by atoms with E-state index >= 15 is 0 Å². The van der Waals surface area contributed by atoms with E-state index in [1.54, 1.807) is 7.11 Å². The molecule has 0 saturated carbocycles. The second kappa shape index (κ2) is 7.74.